The summed E-state index contributed by atoms with van der Waals surface area (Å²) in [5, 5.41) is 3.72. The summed E-state index contributed by atoms with van der Waals surface area (Å²) < 4.78 is 0. The Bertz CT molecular complexity index is 946. The van der Waals surface area contributed by atoms with Gasteiger partial charge in [-0.2, -0.15) is 0 Å². The molecule has 1 unspecified atom stereocenters. The summed E-state index contributed by atoms with van der Waals surface area (Å²) in [6, 6.07) is 25.2. The molecular formula is C24H22ClNO. The number of rotatable bonds is 5. The Kier molecular flexibility index (Phi) is 6.10. The smallest absolute Gasteiger partial charge is 0.252 e. The van der Waals surface area contributed by atoms with E-state index in [4.69, 9.17) is 11.6 Å². The number of hydrogen-bond donors (Lipinski definition) is 1. The molecule has 0 heterocycles. The quantitative estimate of drug-likeness (QED) is 0.425. The van der Waals surface area contributed by atoms with E-state index in [0.717, 1.165) is 16.7 Å². The predicted octanol–water partition coefficient (Wildman–Crippen LogP) is 6.07. The van der Waals surface area contributed by atoms with Crippen LogP contribution in [0.3, 0.4) is 0 Å². The van der Waals surface area contributed by atoms with Gasteiger partial charge in [0, 0.05) is 10.6 Å². The molecule has 1 atom stereocenters. The number of aryl methyl sites for hydroxylation is 1. The van der Waals surface area contributed by atoms with Crippen LogP contribution in [0.4, 0.5) is 0 Å². The Balaban J connectivity index is 1.92. The van der Waals surface area contributed by atoms with Gasteiger partial charge in [-0.25, -0.2) is 0 Å². The number of amides is 1. The minimum Gasteiger partial charge on any atom is -0.345 e. The maximum Gasteiger partial charge on any atom is 0.252 e. The van der Waals surface area contributed by atoms with E-state index in [-0.39, 0.29) is 11.9 Å². The highest BCUT2D eigenvalue weighted by Gasteiger charge is 2.16. The standard InChI is InChI=1S/C24H22ClNO/c1-17-12-14-19(15-13-17)18(2)26-24(27)22(20-8-4-3-5-9-20)16-21-10-6-7-11-23(21)25/h3-16,18H,1-2H3,(H,26,27)/b22-16+. The van der Waals surface area contributed by atoms with Gasteiger partial charge in [0.15, 0.2) is 0 Å². The van der Waals surface area contributed by atoms with Crippen molar-refractivity contribution in [2.24, 2.45) is 0 Å². The van der Waals surface area contributed by atoms with Crippen LogP contribution in [0.5, 0.6) is 0 Å². The fraction of sp³-hybridized carbons (Fsp3) is 0.125. The molecule has 0 aliphatic carbocycles. The second-order valence-corrected chi connectivity index (χ2v) is 6.96. The summed E-state index contributed by atoms with van der Waals surface area (Å²) in [6.45, 7) is 4.04. The van der Waals surface area contributed by atoms with Gasteiger partial charge in [0.2, 0.25) is 0 Å². The highest BCUT2D eigenvalue weighted by molar-refractivity contribution is 6.33. The molecule has 3 rings (SSSR count). The van der Waals surface area contributed by atoms with Gasteiger partial charge in [0.05, 0.1) is 6.04 Å². The van der Waals surface area contributed by atoms with Gasteiger partial charge in [-0.3, -0.25) is 4.79 Å². The van der Waals surface area contributed by atoms with Gasteiger partial charge >= 0.3 is 0 Å². The van der Waals surface area contributed by atoms with Crippen molar-refractivity contribution in [2.75, 3.05) is 0 Å². The van der Waals surface area contributed by atoms with Crippen molar-refractivity contribution in [3.8, 4) is 0 Å². The average Bonchev–Trinajstić information content (AvgIpc) is 2.68. The fourth-order valence-electron chi connectivity index (χ4n) is 2.86. The molecule has 1 N–H and O–H groups in total. The van der Waals surface area contributed by atoms with Crippen LogP contribution in [0.2, 0.25) is 5.02 Å². The van der Waals surface area contributed by atoms with Crippen LogP contribution in [0.15, 0.2) is 78.9 Å². The molecule has 3 aromatic rings. The summed E-state index contributed by atoms with van der Waals surface area (Å²) in [5.41, 5.74) is 4.52. The molecule has 1 amide bonds. The molecule has 0 saturated heterocycles. The second-order valence-electron chi connectivity index (χ2n) is 6.55. The summed E-state index contributed by atoms with van der Waals surface area (Å²) in [7, 11) is 0. The number of benzene rings is 3. The van der Waals surface area contributed by atoms with Crippen molar-refractivity contribution in [1.29, 1.82) is 0 Å². The molecule has 0 aromatic heterocycles. The summed E-state index contributed by atoms with van der Waals surface area (Å²) in [4.78, 5) is 13.1. The molecule has 0 spiro atoms. The predicted molar refractivity (Wildman–Crippen MR) is 114 cm³/mol. The number of hydrogen-bond acceptors (Lipinski definition) is 1. The van der Waals surface area contributed by atoms with Gasteiger partial charge in [-0.1, -0.05) is 90.0 Å². The zero-order valence-corrected chi connectivity index (χ0v) is 16.2. The molecule has 0 aliphatic heterocycles. The molecule has 3 aromatic carbocycles. The molecule has 0 radical (unpaired) electrons. The first kappa shape index (κ1) is 18.9. The van der Waals surface area contributed by atoms with Crippen LogP contribution in [0.1, 0.15) is 35.2 Å². The molecule has 0 saturated carbocycles. The lowest BCUT2D eigenvalue weighted by molar-refractivity contribution is -0.116. The molecular weight excluding hydrogens is 354 g/mol. The van der Waals surface area contributed by atoms with Gasteiger partial charge in [-0.15, -0.1) is 0 Å². The van der Waals surface area contributed by atoms with E-state index in [1.54, 1.807) is 0 Å². The van der Waals surface area contributed by atoms with Crippen molar-refractivity contribution in [1.82, 2.24) is 5.32 Å². The van der Waals surface area contributed by atoms with Crippen LogP contribution < -0.4 is 5.32 Å². The highest BCUT2D eigenvalue weighted by atomic mass is 35.5. The Morgan fingerprint density at radius 2 is 1.56 bits per heavy atom. The average molecular weight is 376 g/mol. The maximum atomic E-state index is 13.1. The van der Waals surface area contributed by atoms with E-state index in [0.29, 0.717) is 10.6 Å². The molecule has 27 heavy (non-hydrogen) atoms. The van der Waals surface area contributed by atoms with Crippen molar-refractivity contribution >= 4 is 29.2 Å². The number of carbonyl (C=O) groups is 1. The molecule has 136 valence electrons. The minimum absolute atomic E-state index is 0.101. The van der Waals surface area contributed by atoms with E-state index < -0.39 is 0 Å². The molecule has 2 nitrogen and oxygen atoms in total. The van der Waals surface area contributed by atoms with Crippen LogP contribution in [0, 0.1) is 6.92 Å². The van der Waals surface area contributed by atoms with E-state index >= 15 is 0 Å². The van der Waals surface area contributed by atoms with Crippen molar-refractivity contribution in [3.63, 3.8) is 0 Å². The summed E-state index contributed by atoms with van der Waals surface area (Å²) >= 11 is 6.30. The molecule has 0 fully saturated rings. The highest BCUT2D eigenvalue weighted by Crippen LogP contribution is 2.24. The van der Waals surface area contributed by atoms with Crippen molar-refractivity contribution in [2.45, 2.75) is 19.9 Å². The normalized spacial score (nSPS) is 12.5. The lowest BCUT2D eigenvalue weighted by Gasteiger charge is -2.17. The Morgan fingerprint density at radius 3 is 2.22 bits per heavy atom. The van der Waals surface area contributed by atoms with Gasteiger partial charge in [-0.05, 0) is 42.7 Å². The van der Waals surface area contributed by atoms with Crippen molar-refractivity contribution < 1.29 is 4.79 Å². The van der Waals surface area contributed by atoms with Crippen LogP contribution in [0.25, 0.3) is 11.6 Å². The first-order valence-electron chi connectivity index (χ1n) is 8.93. The zero-order valence-electron chi connectivity index (χ0n) is 15.4. The largest absolute Gasteiger partial charge is 0.345 e. The third-order valence-corrected chi connectivity index (χ3v) is 4.80. The van der Waals surface area contributed by atoms with Gasteiger partial charge in [0.1, 0.15) is 0 Å². The molecule has 0 bridgehead atoms. The summed E-state index contributed by atoms with van der Waals surface area (Å²) in [5.74, 6) is -0.130. The van der Waals surface area contributed by atoms with Gasteiger partial charge < -0.3 is 5.32 Å². The number of halogens is 1. The van der Waals surface area contributed by atoms with Gasteiger partial charge in [0.25, 0.3) is 5.91 Å². The minimum atomic E-state index is -0.130. The van der Waals surface area contributed by atoms with Crippen LogP contribution >= 0.6 is 11.6 Å². The first-order chi connectivity index (χ1) is 13.0. The number of carbonyl (C=O) groups excluding carboxylic acids is 1. The first-order valence-corrected chi connectivity index (χ1v) is 9.31. The van der Waals surface area contributed by atoms with E-state index in [9.17, 15) is 4.79 Å². The fourth-order valence-corrected chi connectivity index (χ4v) is 3.05. The van der Waals surface area contributed by atoms with Crippen LogP contribution in [-0.4, -0.2) is 5.91 Å². The maximum absolute atomic E-state index is 13.1. The molecule has 3 heteroatoms. The lowest BCUT2D eigenvalue weighted by atomic mass is 10.0. The monoisotopic (exact) mass is 375 g/mol. The van der Waals surface area contributed by atoms with Crippen molar-refractivity contribution in [3.05, 3.63) is 106 Å². The van der Waals surface area contributed by atoms with E-state index in [2.05, 4.69) is 17.4 Å². The Labute approximate surface area is 165 Å². The summed E-state index contributed by atoms with van der Waals surface area (Å²) in [6.07, 6.45) is 1.84. The second kappa shape index (κ2) is 8.70. The van der Waals surface area contributed by atoms with E-state index in [1.807, 2.05) is 86.7 Å². The lowest BCUT2D eigenvalue weighted by Crippen LogP contribution is -2.27. The SMILES string of the molecule is Cc1ccc(C(C)NC(=O)/C(=C/c2ccccc2Cl)c2ccccc2)cc1. The third-order valence-electron chi connectivity index (χ3n) is 4.46. The Hall–Kier alpha value is -2.84. The number of nitrogens with one attached hydrogen (secondary N) is 1. The molecule has 0 aliphatic rings. The third kappa shape index (κ3) is 4.87. The Morgan fingerprint density at radius 1 is 0.926 bits per heavy atom. The van der Waals surface area contributed by atoms with E-state index in [1.165, 1.54) is 5.56 Å². The van der Waals surface area contributed by atoms with Crippen LogP contribution in [-0.2, 0) is 4.79 Å². The topological polar surface area (TPSA) is 29.1 Å². The zero-order chi connectivity index (χ0) is 19.2.